The molecule has 4 heteroatoms. The Kier molecular flexibility index (Phi) is 3.93. The van der Waals surface area contributed by atoms with Gasteiger partial charge in [0, 0.05) is 11.6 Å². The van der Waals surface area contributed by atoms with Gasteiger partial charge in [-0.3, -0.25) is 14.9 Å². The molecule has 0 saturated heterocycles. The maximum atomic E-state index is 12.6. The van der Waals surface area contributed by atoms with Crippen LogP contribution in [0.3, 0.4) is 0 Å². The van der Waals surface area contributed by atoms with Gasteiger partial charge in [0.1, 0.15) is 0 Å². The Morgan fingerprint density at radius 3 is 2.50 bits per heavy atom. The monoisotopic (exact) mass is 341 g/mol. The second-order valence-electron chi connectivity index (χ2n) is 6.22. The van der Waals surface area contributed by atoms with Crippen molar-refractivity contribution in [2.75, 3.05) is 0 Å². The smallest absolute Gasteiger partial charge is 0.276 e. The van der Waals surface area contributed by atoms with Crippen LogP contribution in [0, 0.1) is 10.1 Å². The van der Waals surface area contributed by atoms with E-state index in [1.165, 1.54) is 34.9 Å². The number of hydrogen-bond acceptors (Lipinski definition) is 3. The van der Waals surface area contributed by atoms with Crippen LogP contribution < -0.4 is 0 Å². The lowest BCUT2D eigenvalue weighted by Gasteiger charge is -2.03. The Labute approximate surface area is 150 Å². The van der Waals surface area contributed by atoms with Crippen LogP contribution in [-0.4, -0.2) is 10.7 Å². The molecule has 0 N–H and O–H groups in total. The molecule has 126 valence electrons. The number of hydrogen-bond donors (Lipinski definition) is 0. The molecule has 4 nitrogen and oxygen atoms in total. The molecule has 1 aliphatic rings. The van der Waals surface area contributed by atoms with Crippen molar-refractivity contribution in [3.63, 3.8) is 0 Å². The number of benzene rings is 3. The van der Waals surface area contributed by atoms with E-state index < -0.39 is 4.92 Å². The van der Waals surface area contributed by atoms with Crippen LogP contribution in [0.5, 0.6) is 0 Å². The molecule has 1 aliphatic carbocycles. The van der Waals surface area contributed by atoms with E-state index in [1.807, 2.05) is 30.3 Å². The normalized spacial score (nSPS) is 12.0. The number of allylic oxidation sites excluding steroid dienone is 1. The van der Waals surface area contributed by atoms with Crippen LogP contribution >= 0.6 is 0 Å². The maximum absolute atomic E-state index is 12.6. The largest absolute Gasteiger partial charge is 0.289 e. The van der Waals surface area contributed by atoms with Crippen LogP contribution in [-0.2, 0) is 6.42 Å². The van der Waals surface area contributed by atoms with E-state index in [-0.39, 0.29) is 11.5 Å². The number of para-hydroxylation sites is 1. The standard InChI is InChI=1S/C22H15NO3/c24-22(12-11-15-5-2-4-8-21(15)23(25)26)18-10-9-17-13-16-6-1-3-7-19(16)20(17)14-18/h1-12,14H,13H2. The predicted molar refractivity (Wildman–Crippen MR) is 101 cm³/mol. The molecule has 0 radical (unpaired) electrons. The molecule has 0 unspecified atom stereocenters. The molecule has 3 aromatic rings. The first-order valence-electron chi connectivity index (χ1n) is 8.30. The number of nitro benzene ring substituents is 1. The lowest BCUT2D eigenvalue weighted by Crippen LogP contribution is -1.96. The number of nitrogens with zero attached hydrogens (tertiary/aromatic N) is 1. The number of ketones is 1. The van der Waals surface area contributed by atoms with Gasteiger partial charge in [-0.2, -0.15) is 0 Å². The molecular formula is C22H15NO3. The number of fused-ring (bicyclic) bond motifs is 3. The third-order valence-corrected chi connectivity index (χ3v) is 4.63. The molecule has 0 spiro atoms. The summed E-state index contributed by atoms with van der Waals surface area (Å²) in [5.74, 6) is -0.171. The number of nitro groups is 1. The highest BCUT2D eigenvalue weighted by Gasteiger charge is 2.19. The van der Waals surface area contributed by atoms with Crippen LogP contribution in [0.25, 0.3) is 17.2 Å². The first-order chi connectivity index (χ1) is 12.6. The number of carbonyl (C=O) groups is 1. The molecule has 0 atom stereocenters. The quantitative estimate of drug-likeness (QED) is 0.225. The summed E-state index contributed by atoms with van der Waals surface area (Å²) >= 11 is 0. The highest BCUT2D eigenvalue weighted by atomic mass is 16.6. The second kappa shape index (κ2) is 6.41. The number of carbonyl (C=O) groups excluding carboxylic acids is 1. The summed E-state index contributed by atoms with van der Waals surface area (Å²) in [5.41, 5.74) is 5.71. The Morgan fingerprint density at radius 2 is 1.65 bits per heavy atom. The molecule has 0 fully saturated rings. The van der Waals surface area contributed by atoms with E-state index >= 15 is 0 Å². The van der Waals surface area contributed by atoms with E-state index in [0.29, 0.717) is 11.1 Å². The molecule has 4 rings (SSSR count). The van der Waals surface area contributed by atoms with Gasteiger partial charge in [0.05, 0.1) is 10.5 Å². The van der Waals surface area contributed by atoms with Crippen molar-refractivity contribution in [3.8, 4) is 11.1 Å². The van der Waals surface area contributed by atoms with E-state index in [0.717, 1.165) is 12.0 Å². The van der Waals surface area contributed by atoms with Gasteiger partial charge in [-0.1, -0.05) is 48.5 Å². The lowest BCUT2D eigenvalue weighted by atomic mass is 10.0. The van der Waals surface area contributed by atoms with E-state index in [1.54, 1.807) is 18.2 Å². The minimum atomic E-state index is -0.448. The Morgan fingerprint density at radius 1 is 0.923 bits per heavy atom. The van der Waals surface area contributed by atoms with Crippen molar-refractivity contribution in [3.05, 3.63) is 105 Å². The van der Waals surface area contributed by atoms with Gasteiger partial charge >= 0.3 is 0 Å². The van der Waals surface area contributed by atoms with E-state index in [4.69, 9.17) is 0 Å². The van der Waals surface area contributed by atoms with Crippen molar-refractivity contribution >= 4 is 17.5 Å². The summed E-state index contributed by atoms with van der Waals surface area (Å²) in [4.78, 5) is 23.2. The van der Waals surface area contributed by atoms with Crippen LogP contribution in [0.2, 0.25) is 0 Å². The second-order valence-corrected chi connectivity index (χ2v) is 6.22. The fourth-order valence-corrected chi connectivity index (χ4v) is 3.33. The van der Waals surface area contributed by atoms with Crippen molar-refractivity contribution in [2.24, 2.45) is 0 Å². The summed E-state index contributed by atoms with van der Waals surface area (Å²) < 4.78 is 0. The summed E-state index contributed by atoms with van der Waals surface area (Å²) in [6, 6.07) is 20.3. The van der Waals surface area contributed by atoms with Gasteiger partial charge in [0.15, 0.2) is 5.78 Å². The Balaban J connectivity index is 1.64. The molecule has 0 bridgehead atoms. The average Bonchev–Trinajstić information content (AvgIpc) is 3.04. The first kappa shape index (κ1) is 16.0. The van der Waals surface area contributed by atoms with Crippen LogP contribution in [0.4, 0.5) is 5.69 Å². The molecule has 0 aromatic heterocycles. The van der Waals surface area contributed by atoms with Crippen molar-refractivity contribution < 1.29 is 9.72 Å². The zero-order chi connectivity index (χ0) is 18.1. The summed E-state index contributed by atoms with van der Waals surface area (Å²) in [6.45, 7) is 0. The van der Waals surface area contributed by atoms with Gasteiger partial charge in [0.2, 0.25) is 0 Å². The first-order valence-corrected chi connectivity index (χ1v) is 8.30. The summed E-state index contributed by atoms with van der Waals surface area (Å²) in [6.07, 6.45) is 3.78. The molecule has 0 saturated carbocycles. The molecule has 0 amide bonds. The third-order valence-electron chi connectivity index (χ3n) is 4.63. The zero-order valence-corrected chi connectivity index (χ0v) is 13.9. The minimum absolute atomic E-state index is 0.0144. The number of rotatable bonds is 4. The van der Waals surface area contributed by atoms with Gasteiger partial charge in [-0.15, -0.1) is 0 Å². The molecule has 0 heterocycles. The van der Waals surface area contributed by atoms with Gasteiger partial charge in [-0.05, 0) is 53.0 Å². The predicted octanol–water partition coefficient (Wildman–Crippen LogP) is 5.06. The Hall–Kier alpha value is -3.53. The molecule has 0 aliphatic heterocycles. The summed E-state index contributed by atoms with van der Waals surface area (Å²) in [7, 11) is 0. The van der Waals surface area contributed by atoms with Gasteiger partial charge in [-0.25, -0.2) is 0 Å². The van der Waals surface area contributed by atoms with Gasteiger partial charge < -0.3 is 0 Å². The van der Waals surface area contributed by atoms with Crippen molar-refractivity contribution in [1.82, 2.24) is 0 Å². The lowest BCUT2D eigenvalue weighted by molar-refractivity contribution is -0.385. The molecule has 3 aromatic carbocycles. The Bertz CT molecular complexity index is 1070. The zero-order valence-electron chi connectivity index (χ0n) is 13.9. The fourth-order valence-electron chi connectivity index (χ4n) is 3.33. The van der Waals surface area contributed by atoms with Gasteiger partial charge in [0.25, 0.3) is 5.69 Å². The highest BCUT2D eigenvalue weighted by molar-refractivity contribution is 6.08. The van der Waals surface area contributed by atoms with Crippen molar-refractivity contribution in [2.45, 2.75) is 6.42 Å². The summed E-state index contributed by atoms with van der Waals surface area (Å²) in [5, 5.41) is 11.1. The average molecular weight is 341 g/mol. The maximum Gasteiger partial charge on any atom is 0.276 e. The minimum Gasteiger partial charge on any atom is -0.289 e. The van der Waals surface area contributed by atoms with Crippen molar-refractivity contribution in [1.29, 1.82) is 0 Å². The van der Waals surface area contributed by atoms with Crippen LogP contribution in [0.1, 0.15) is 27.0 Å². The fraction of sp³-hybridized carbons (Fsp3) is 0.0455. The topological polar surface area (TPSA) is 60.2 Å². The molecular weight excluding hydrogens is 326 g/mol. The van der Waals surface area contributed by atoms with E-state index in [2.05, 4.69) is 12.1 Å². The van der Waals surface area contributed by atoms with E-state index in [9.17, 15) is 14.9 Å². The highest BCUT2D eigenvalue weighted by Crippen LogP contribution is 2.36. The third kappa shape index (κ3) is 2.82. The molecule has 26 heavy (non-hydrogen) atoms. The van der Waals surface area contributed by atoms with Crippen LogP contribution in [0.15, 0.2) is 72.8 Å². The SMILES string of the molecule is O=C(C=Cc1ccccc1[N+](=O)[O-])c1ccc2c(c1)-c1ccccc1C2.